The summed E-state index contributed by atoms with van der Waals surface area (Å²) in [4.78, 5) is 12.0. The monoisotopic (exact) mass is 340 g/mol. The average Bonchev–Trinajstić information content (AvgIpc) is 2.58. The van der Waals surface area contributed by atoms with E-state index >= 15 is 0 Å². The van der Waals surface area contributed by atoms with Gasteiger partial charge in [-0.05, 0) is 29.2 Å². The minimum absolute atomic E-state index is 0.0374. The Morgan fingerprint density at radius 3 is 2.40 bits per heavy atom. The van der Waals surface area contributed by atoms with Crippen molar-refractivity contribution in [3.8, 4) is 11.8 Å². The van der Waals surface area contributed by atoms with Crippen molar-refractivity contribution in [2.24, 2.45) is 0 Å². The van der Waals surface area contributed by atoms with Crippen molar-refractivity contribution in [3.05, 3.63) is 65.5 Å². The van der Waals surface area contributed by atoms with E-state index in [0.29, 0.717) is 5.75 Å². The maximum absolute atomic E-state index is 13.7. The molecular weight excluding hydrogens is 319 g/mol. The number of halogens is 1. The minimum atomic E-state index is -1.06. The summed E-state index contributed by atoms with van der Waals surface area (Å²) in [5.41, 5.74) is 1.33. The summed E-state index contributed by atoms with van der Waals surface area (Å²) in [7, 11) is 0. The third-order valence-electron chi connectivity index (χ3n) is 3.74. The quantitative estimate of drug-likeness (QED) is 0.898. The predicted octanol–water partition coefficient (Wildman–Crippen LogP) is 3.88. The summed E-state index contributed by atoms with van der Waals surface area (Å²) >= 11 is 0. The Labute approximate surface area is 147 Å². The van der Waals surface area contributed by atoms with E-state index in [1.165, 1.54) is 18.2 Å². The molecule has 0 saturated heterocycles. The summed E-state index contributed by atoms with van der Waals surface area (Å²) < 4.78 is 19.2. The number of benzene rings is 2. The first kappa shape index (κ1) is 18.5. The Bertz CT molecular complexity index is 774. The van der Waals surface area contributed by atoms with Gasteiger partial charge in [-0.15, -0.1) is 0 Å². The van der Waals surface area contributed by atoms with Crippen LogP contribution in [0.5, 0.6) is 5.75 Å². The number of hydrogen-bond acceptors (Lipinski definition) is 3. The standard InChI is InChI=1S/C20H21FN2O2/c1-20(2,3)14-8-10-15(11-9-14)25-13-19(24)23-18(12-22)16-6-4-5-7-17(16)21/h4-11,18H,13H2,1-3H3,(H,23,24). The molecule has 0 heterocycles. The molecule has 0 spiro atoms. The molecule has 4 nitrogen and oxygen atoms in total. The van der Waals surface area contributed by atoms with Crippen LogP contribution in [-0.4, -0.2) is 12.5 Å². The SMILES string of the molecule is CC(C)(C)c1ccc(OCC(=O)NC(C#N)c2ccccc2F)cc1. The third-order valence-corrected chi connectivity index (χ3v) is 3.74. The normalized spacial score (nSPS) is 12.1. The first-order valence-corrected chi connectivity index (χ1v) is 7.98. The lowest BCUT2D eigenvalue weighted by atomic mass is 9.87. The van der Waals surface area contributed by atoms with E-state index in [2.05, 4.69) is 26.1 Å². The van der Waals surface area contributed by atoms with Crippen LogP contribution in [-0.2, 0) is 10.2 Å². The highest BCUT2D eigenvalue weighted by atomic mass is 19.1. The highest BCUT2D eigenvalue weighted by molar-refractivity contribution is 5.78. The largest absolute Gasteiger partial charge is 0.484 e. The van der Waals surface area contributed by atoms with E-state index < -0.39 is 17.8 Å². The molecule has 0 aliphatic rings. The summed E-state index contributed by atoms with van der Waals surface area (Å²) in [6.45, 7) is 6.09. The number of hydrogen-bond donors (Lipinski definition) is 1. The van der Waals surface area contributed by atoms with Gasteiger partial charge in [-0.1, -0.05) is 51.1 Å². The van der Waals surface area contributed by atoms with E-state index in [1.807, 2.05) is 18.2 Å². The molecule has 0 aromatic heterocycles. The molecule has 0 radical (unpaired) electrons. The lowest BCUT2D eigenvalue weighted by Crippen LogP contribution is -2.32. The van der Waals surface area contributed by atoms with Crippen LogP contribution in [0.3, 0.4) is 0 Å². The van der Waals surface area contributed by atoms with E-state index in [4.69, 9.17) is 4.74 Å². The van der Waals surface area contributed by atoms with E-state index in [1.54, 1.807) is 18.2 Å². The number of carbonyl (C=O) groups excluding carboxylic acids is 1. The molecule has 2 aromatic carbocycles. The Hall–Kier alpha value is -2.87. The molecule has 0 aliphatic carbocycles. The van der Waals surface area contributed by atoms with Crippen LogP contribution in [0.15, 0.2) is 48.5 Å². The summed E-state index contributed by atoms with van der Waals surface area (Å²) in [6.07, 6.45) is 0. The van der Waals surface area contributed by atoms with Crippen LogP contribution >= 0.6 is 0 Å². The van der Waals surface area contributed by atoms with Crippen molar-refractivity contribution in [2.75, 3.05) is 6.61 Å². The van der Waals surface area contributed by atoms with E-state index in [-0.39, 0.29) is 17.6 Å². The highest BCUT2D eigenvalue weighted by Gasteiger charge is 2.18. The van der Waals surface area contributed by atoms with Gasteiger partial charge in [0.25, 0.3) is 5.91 Å². The fraction of sp³-hybridized carbons (Fsp3) is 0.300. The molecule has 0 bridgehead atoms. The molecule has 2 aromatic rings. The number of nitriles is 1. The zero-order valence-corrected chi connectivity index (χ0v) is 14.5. The van der Waals surface area contributed by atoms with Gasteiger partial charge in [-0.25, -0.2) is 4.39 Å². The number of nitrogens with one attached hydrogen (secondary N) is 1. The van der Waals surface area contributed by atoms with Gasteiger partial charge in [0, 0.05) is 5.56 Å². The summed E-state index contributed by atoms with van der Waals surface area (Å²) in [5, 5.41) is 11.6. The molecule has 130 valence electrons. The second-order valence-corrected chi connectivity index (χ2v) is 6.71. The molecule has 0 saturated carbocycles. The predicted molar refractivity (Wildman–Crippen MR) is 93.5 cm³/mol. The van der Waals surface area contributed by atoms with Crippen LogP contribution in [0, 0.1) is 17.1 Å². The number of nitrogens with zero attached hydrogens (tertiary/aromatic N) is 1. The Morgan fingerprint density at radius 1 is 1.20 bits per heavy atom. The zero-order valence-electron chi connectivity index (χ0n) is 14.5. The Morgan fingerprint density at radius 2 is 1.84 bits per heavy atom. The number of ether oxygens (including phenoxy) is 1. The third kappa shape index (κ3) is 5.05. The second kappa shape index (κ2) is 7.80. The maximum atomic E-state index is 13.7. The van der Waals surface area contributed by atoms with Crippen LogP contribution in [0.4, 0.5) is 4.39 Å². The van der Waals surface area contributed by atoms with Crippen molar-refractivity contribution >= 4 is 5.91 Å². The molecule has 5 heteroatoms. The number of rotatable bonds is 5. The molecule has 2 rings (SSSR count). The van der Waals surface area contributed by atoms with Gasteiger partial charge in [0.15, 0.2) is 6.61 Å². The minimum Gasteiger partial charge on any atom is -0.484 e. The van der Waals surface area contributed by atoms with Gasteiger partial charge in [-0.2, -0.15) is 5.26 Å². The van der Waals surface area contributed by atoms with Gasteiger partial charge < -0.3 is 10.1 Å². The van der Waals surface area contributed by atoms with Crippen molar-refractivity contribution in [1.29, 1.82) is 5.26 Å². The fourth-order valence-electron chi connectivity index (χ4n) is 2.29. The van der Waals surface area contributed by atoms with Crippen molar-refractivity contribution in [2.45, 2.75) is 32.2 Å². The molecule has 1 amide bonds. The first-order valence-electron chi connectivity index (χ1n) is 7.98. The molecule has 0 aliphatic heterocycles. The van der Waals surface area contributed by atoms with Crippen LogP contribution in [0.1, 0.15) is 37.9 Å². The lowest BCUT2D eigenvalue weighted by molar-refractivity contribution is -0.123. The van der Waals surface area contributed by atoms with Crippen LogP contribution in [0.2, 0.25) is 0 Å². The van der Waals surface area contributed by atoms with Crippen molar-refractivity contribution < 1.29 is 13.9 Å². The van der Waals surface area contributed by atoms with Gasteiger partial charge in [0.05, 0.1) is 6.07 Å². The second-order valence-electron chi connectivity index (χ2n) is 6.71. The molecule has 1 atom stereocenters. The molecule has 1 N–H and O–H groups in total. The van der Waals surface area contributed by atoms with Gasteiger partial charge in [0.1, 0.15) is 17.6 Å². The van der Waals surface area contributed by atoms with Crippen LogP contribution in [0.25, 0.3) is 0 Å². The Balaban J connectivity index is 1.94. The molecule has 0 fully saturated rings. The molecule has 1 unspecified atom stereocenters. The summed E-state index contributed by atoms with van der Waals surface area (Å²) in [6, 6.07) is 14.2. The zero-order chi connectivity index (χ0) is 18.4. The van der Waals surface area contributed by atoms with Gasteiger partial charge in [0.2, 0.25) is 0 Å². The maximum Gasteiger partial charge on any atom is 0.259 e. The molecule has 25 heavy (non-hydrogen) atoms. The average molecular weight is 340 g/mol. The van der Waals surface area contributed by atoms with E-state index in [0.717, 1.165) is 5.56 Å². The Kier molecular flexibility index (Phi) is 5.76. The van der Waals surface area contributed by atoms with Gasteiger partial charge >= 0.3 is 0 Å². The van der Waals surface area contributed by atoms with Crippen LogP contribution < -0.4 is 10.1 Å². The van der Waals surface area contributed by atoms with Crippen molar-refractivity contribution in [1.82, 2.24) is 5.32 Å². The number of carbonyl (C=O) groups is 1. The number of amides is 1. The lowest BCUT2D eigenvalue weighted by Gasteiger charge is -2.19. The van der Waals surface area contributed by atoms with E-state index in [9.17, 15) is 14.4 Å². The van der Waals surface area contributed by atoms with Crippen molar-refractivity contribution in [3.63, 3.8) is 0 Å². The molecular formula is C20H21FN2O2. The highest BCUT2D eigenvalue weighted by Crippen LogP contribution is 2.24. The fourth-order valence-corrected chi connectivity index (χ4v) is 2.29. The topological polar surface area (TPSA) is 62.1 Å². The summed E-state index contributed by atoms with van der Waals surface area (Å²) in [5.74, 6) is -0.467. The first-order chi connectivity index (χ1) is 11.8. The smallest absolute Gasteiger partial charge is 0.259 e. The van der Waals surface area contributed by atoms with Gasteiger partial charge in [-0.3, -0.25) is 4.79 Å².